The number of alkyl halides is 2. The molecule has 0 aliphatic heterocycles. The molecule has 0 N–H and O–H groups in total. The standard InChI is InChI=1S/C11H13F2NO3/c1-3-17-9(15)6-7-10(11(12)13)8(16-2)4-5-14-7/h4-5,11H,3,6H2,1-2H3. The molecule has 0 amide bonds. The topological polar surface area (TPSA) is 48.4 Å². The van der Waals surface area contributed by atoms with Crippen molar-refractivity contribution in [2.75, 3.05) is 13.7 Å². The Kier molecular flexibility index (Phi) is 4.81. The number of pyridine rings is 1. The van der Waals surface area contributed by atoms with Gasteiger partial charge in [0.25, 0.3) is 6.43 Å². The van der Waals surface area contributed by atoms with Crippen LogP contribution in [-0.4, -0.2) is 24.7 Å². The molecule has 17 heavy (non-hydrogen) atoms. The molecule has 4 nitrogen and oxygen atoms in total. The highest BCUT2D eigenvalue weighted by Gasteiger charge is 2.21. The smallest absolute Gasteiger partial charge is 0.311 e. The average molecular weight is 245 g/mol. The summed E-state index contributed by atoms with van der Waals surface area (Å²) in [6.45, 7) is 1.84. The third-order valence-electron chi connectivity index (χ3n) is 2.09. The molecule has 0 unspecified atom stereocenters. The lowest BCUT2D eigenvalue weighted by molar-refractivity contribution is -0.142. The maximum Gasteiger partial charge on any atom is 0.311 e. The second-order valence-electron chi connectivity index (χ2n) is 3.16. The monoisotopic (exact) mass is 245 g/mol. The van der Waals surface area contributed by atoms with Crippen molar-refractivity contribution < 1.29 is 23.0 Å². The molecule has 0 bridgehead atoms. The summed E-state index contributed by atoms with van der Waals surface area (Å²) in [6.07, 6.45) is -1.72. The van der Waals surface area contributed by atoms with Crippen molar-refractivity contribution in [3.63, 3.8) is 0 Å². The van der Waals surface area contributed by atoms with Crippen LogP contribution in [0.1, 0.15) is 24.6 Å². The molecule has 0 atom stereocenters. The quantitative estimate of drug-likeness (QED) is 0.745. The predicted octanol–water partition coefficient (Wildman–Crippen LogP) is 2.13. The number of nitrogens with zero attached hydrogens (tertiary/aromatic N) is 1. The summed E-state index contributed by atoms with van der Waals surface area (Å²) in [5.41, 5.74) is -0.374. The number of hydrogen-bond acceptors (Lipinski definition) is 4. The number of hydrogen-bond donors (Lipinski definition) is 0. The van der Waals surface area contributed by atoms with Gasteiger partial charge >= 0.3 is 5.97 Å². The zero-order chi connectivity index (χ0) is 12.8. The van der Waals surface area contributed by atoms with Gasteiger partial charge in [-0.1, -0.05) is 0 Å². The largest absolute Gasteiger partial charge is 0.496 e. The van der Waals surface area contributed by atoms with Crippen molar-refractivity contribution in [3.8, 4) is 5.75 Å². The first-order valence-electron chi connectivity index (χ1n) is 5.05. The number of halogens is 2. The van der Waals surface area contributed by atoms with E-state index in [1.54, 1.807) is 6.92 Å². The Morgan fingerprint density at radius 1 is 1.53 bits per heavy atom. The number of carbonyl (C=O) groups is 1. The maximum atomic E-state index is 12.8. The van der Waals surface area contributed by atoms with E-state index in [1.165, 1.54) is 19.4 Å². The number of esters is 1. The second kappa shape index (κ2) is 6.12. The van der Waals surface area contributed by atoms with E-state index in [0.717, 1.165) is 0 Å². The van der Waals surface area contributed by atoms with Crippen LogP contribution < -0.4 is 4.74 Å². The van der Waals surface area contributed by atoms with Crippen LogP contribution in [0.3, 0.4) is 0 Å². The van der Waals surface area contributed by atoms with Crippen molar-refractivity contribution >= 4 is 5.97 Å². The van der Waals surface area contributed by atoms with Crippen LogP contribution in [0.25, 0.3) is 0 Å². The lowest BCUT2D eigenvalue weighted by Gasteiger charge is -2.11. The Morgan fingerprint density at radius 2 is 2.24 bits per heavy atom. The second-order valence-corrected chi connectivity index (χ2v) is 3.16. The van der Waals surface area contributed by atoms with Gasteiger partial charge in [0.1, 0.15) is 5.75 Å². The fourth-order valence-corrected chi connectivity index (χ4v) is 1.40. The van der Waals surface area contributed by atoms with E-state index < -0.39 is 12.4 Å². The minimum atomic E-state index is -2.75. The van der Waals surface area contributed by atoms with Crippen LogP contribution in [0.15, 0.2) is 12.3 Å². The SMILES string of the molecule is CCOC(=O)Cc1nccc(OC)c1C(F)F. The molecule has 0 radical (unpaired) electrons. The van der Waals surface area contributed by atoms with Gasteiger partial charge in [0.15, 0.2) is 0 Å². The minimum absolute atomic E-state index is 0.0159. The Balaban J connectivity index is 3.02. The molecule has 0 saturated heterocycles. The first kappa shape index (κ1) is 13.3. The van der Waals surface area contributed by atoms with Crippen LogP contribution in [0.5, 0.6) is 5.75 Å². The van der Waals surface area contributed by atoms with Crippen molar-refractivity contribution in [1.82, 2.24) is 4.98 Å². The molecule has 1 aromatic rings. The molecular weight excluding hydrogens is 232 g/mol. The van der Waals surface area contributed by atoms with E-state index in [-0.39, 0.29) is 30.0 Å². The highest BCUT2D eigenvalue weighted by molar-refractivity contribution is 5.72. The number of ether oxygens (including phenoxy) is 2. The van der Waals surface area contributed by atoms with Crippen molar-refractivity contribution in [3.05, 3.63) is 23.5 Å². The molecule has 1 heterocycles. The van der Waals surface area contributed by atoms with Gasteiger partial charge in [-0.3, -0.25) is 9.78 Å². The van der Waals surface area contributed by atoms with Gasteiger partial charge in [-0.05, 0) is 13.0 Å². The third kappa shape index (κ3) is 3.37. The number of aromatic nitrogens is 1. The summed E-state index contributed by atoms with van der Waals surface area (Å²) in [6, 6.07) is 1.33. The van der Waals surface area contributed by atoms with Crippen molar-refractivity contribution in [2.24, 2.45) is 0 Å². The molecule has 0 aromatic carbocycles. The van der Waals surface area contributed by atoms with Gasteiger partial charge in [-0.15, -0.1) is 0 Å². The Hall–Kier alpha value is -1.72. The summed E-state index contributed by atoms with van der Waals surface area (Å²) in [4.78, 5) is 15.0. The Labute approximate surface area is 97.6 Å². The first-order chi connectivity index (χ1) is 8.10. The van der Waals surface area contributed by atoms with Crippen LogP contribution in [0, 0.1) is 0 Å². The summed E-state index contributed by atoms with van der Waals surface area (Å²) in [5.74, 6) is -0.565. The number of methoxy groups -OCH3 is 1. The fourth-order valence-electron chi connectivity index (χ4n) is 1.40. The van der Waals surface area contributed by atoms with Gasteiger partial charge in [0.2, 0.25) is 0 Å². The molecule has 0 aliphatic rings. The van der Waals surface area contributed by atoms with Crippen LogP contribution in [-0.2, 0) is 16.0 Å². The normalized spacial score (nSPS) is 10.4. The van der Waals surface area contributed by atoms with Crippen molar-refractivity contribution in [2.45, 2.75) is 19.8 Å². The summed E-state index contributed by atoms with van der Waals surface area (Å²) >= 11 is 0. The van der Waals surface area contributed by atoms with Crippen LogP contribution in [0.2, 0.25) is 0 Å². The molecule has 0 saturated carbocycles. The van der Waals surface area contributed by atoms with E-state index in [0.29, 0.717) is 0 Å². The molecule has 1 aromatic heterocycles. The van der Waals surface area contributed by atoms with Crippen LogP contribution >= 0.6 is 0 Å². The molecule has 6 heteroatoms. The molecular formula is C11H13F2NO3. The van der Waals surface area contributed by atoms with E-state index in [4.69, 9.17) is 4.74 Å². The summed E-state index contributed by atoms with van der Waals surface area (Å²) in [7, 11) is 1.29. The van der Waals surface area contributed by atoms with Gasteiger partial charge < -0.3 is 9.47 Å². The van der Waals surface area contributed by atoms with E-state index in [2.05, 4.69) is 9.72 Å². The maximum absolute atomic E-state index is 12.8. The number of carbonyl (C=O) groups excluding carboxylic acids is 1. The van der Waals surface area contributed by atoms with E-state index in [1.807, 2.05) is 0 Å². The van der Waals surface area contributed by atoms with Gasteiger partial charge in [0.05, 0.1) is 31.4 Å². The predicted molar refractivity (Wildman–Crippen MR) is 56.1 cm³/mol. The number of rotatable bonds is 5. The molecule has 1 rings (SSSR count). The van der Waals surface area contributed by atoms with Gasteiger partial charge in [-0.25, -0.2) is 8.78 Å². The summed E-state index contributed by atoms with van der Waals surface area (Å²) in [5, 5.41) is 0. The van der Waals surface area contributed by atoms with Gasteiger partial charge in [-0.2, -0.15) is 0 Å². The highest BCUT2D eigenvalue weighted by Crippen LogP contribution is 2.31. The lowest BCUT2D eigenvalue weighted by Crippen LogP contribution is -2.11. The molecule has 0 fully saturated rings. The third-order valence-corrected chi connectivity index (χ3v) is 2.09. The fraction of sp³-hybridized carbons (Fsp3) is 0.455. The first-order valence-corrected chi connectivity index (χ1v) is 5.05. The minimum Gasteiger partial charge on any atom is -0.496 e. The lowest BCUT2D eigenvalue weighted by atomic mass is 10.1. The molecule has 0 spiro atoms. The van der Waals surface area contributed by atoms with Crippen molar-refractivity contribution in [1.29, 1.82) is 0 Å². The van der Waals surface area contributed by atoms with Crippen LogP contribution in [0.4, 0.5) is 8.78 Å². The molecule has 0 aliphatic carbocycles. The van der Waals surface area contributed by atoms with E-state index in [9.17, 15) is 13.6 Å². The Bertz CT molecular complexity index is 396. The molecule has 94 valence electrons. The Morgan fingerprint density at radius 3 is 2.76 bits per heavy atom. The van der Waals surface area contributed by atoms with E-state index >= 15 is 0 Å². The zero-order valence-corrected chi connectivity index (χ0v) is 9.57. The zero-order valence-electron chi connectivity index (χ0n) is 9.57. The van der Waals surface area contributed by atoms with Gasteiger partial charge in [0, 0.05) is 6.20 Å². The summed E-state index contributed by atoms with van der Waals surface area (Å²) < 4.78 is 35.2. The highest BCUT2D eigenvalue weighted by atomic mass is 19.3. The average Bonchev–Trinajstić information content (AvgIpc) is 2.28.